The first-order valence-corrected chi connectivity index (χ1v) is 7.25. The van der Waals surface area contributed by atoms with Crippen molar-refractivity contribution in [2.24, 2.45) is 5.14 Å². The molecule has 1 aromatic heterocycles. The van der Waals surface area contributed by atoms with Crippen LogP contribution in [-0.4, -0.2) is 30.3 Å². The second-order valence-corrected chi connectivity index (χ2v) is 6.06. The summed E-state index contributed by atoms with van der Waals surface area (Å²) in [5.74, 6) is 0.464. The van der Waals surface area contributed by atoms with Crippen molar-refractivity contribution < 1.29 is 13.2 Å². The SMILES string of the molecule is CCC(C)(OC)c1nnc(S(N)(=O)=O)n1C(C)C. The average molecular weight is 276 g/mol. The lowest BCUT2D eigenvalue weighted by molar-refractivity contribution is -0.0132. The van der Waals surface area contributed by atoms with Crippen molar-refractivity contribution in [1.82, 2.24) is 14.8 Å². The summed E-state index contributed by atoms with van der Waals surface area (Å²) in [5, 5.41) is 12.5. The molecule has 18 heavy (non-hydrogen) atoms. The van der Waals surface area contributed by atoms with Crippen molar-refractivity contribution in [2.45, 2.75) is 50.9 Å². The van der Waals surface area contributed by atoms with Gasteiger partial charge in [0.05, 0.1) is 0 Å². The van der Waals surface area contributed by atoms with Gasteiger partial charge < -0.3 is 4.74 Å². The molecule has 1 unspecified atom stereocenters. The highest BCUT2D eigenvalue weighted by atomic mass is 32.2. The number of hydrogen-bond donors (Lipinski definition) is 1. The lowest BCUT2D eigenvalue weighted by Crippen LogP contribution is -2.30. The third-order valence-corrected chi connectivity index (χ3v) is 3.82. The molecule has 0 bridgehead atoms. The maximum atomic E-state index is 11.5. The molecule has 1 heterocycles. The molecule has 0 amide bonds. The fraction of sp³-hybridized carbons (Fsp3) is 0.800. The van der Waals surface area contributed by atoms with Crippen LogP contribution in [0.5, 0.6) is 0 Å². The van der Waals surface area contributed by atoms with Crippen LogP contribution in [0.2, 0.25) is 0 Å². The van der Waals surface area contributed by atoms with Gasteiger partial charge in [-0.2, -0.15) is 0 Å². The first kappa shape index (κ1) is 15.1. The normalized spacial score (nSPS) is 15.9. The predicted octanol–water partition coefficient (Wildman–Crippen LogP) is 0.778. The maximum absolute atomic E-state index is 11.5. The zero-order valence-corrected chi connectivity index (χ0v) is 12.2. The summed E-state index contributed by atoms with van der Waals surface area (Å²) in [4.78, 5) is 0. The third-order valence-electron chi connectivity index (χ3n) is 3.03. The lowest BCUT2D eigenvalue weighted by atomic mass is 10.0. The van der Waals surface area contributed by atoms with Crippen LogP contribution in [0.1, 0.15) is 46.0 Å². The van der Waals surface area contributed by atoms with Gasteiger partial charge >= 0.3 is 0 Å². The molecule has 0 aliphatic rings. The van der Waals surface area contributed by atoms with Crippen molar-refractivity contribution >= 4 is 10.0 Å². The third kappa shape index (κ3) is 2.55. The average Bonchev–Trinajstić information content (AvgIpc) is 2.72. The van der Waals surface area contributed by atoms with Gasteiger partial charge in [-0.25, -0.2) is 13.6 Å². The van der Waals surface area contributed by atoms with E-state index in [-0.39, 0.29) is 11.2 Å². The number of methoxy groups -OCH3 is 1. The topological polar surface area (TPSA) is 100 Å². The maximum Gasteiger partial charge on any atom is 0.273 e. The van der Waals surface area contributed by atoms with E-state index in [1.807, 2.05) is 27.7 Å². The van der Waals surface area contributed by atoms with Crippen molar-refractivity contribution in [3.63, 3.8) is 0 Å². The van der Waals surface area contributed by atoms with Gasteiger partial charge in [0.25, 0.3) is 15.2 Å². The zero-order chi connectivity index (χ0) is 14.1. The lowest BCUT2D eigenvalue weighted by Gasteiger charge is -2.27. The standard InChI is InChI=1S/C10H20N4O3S/c1-6-10(4,17-5)8-12-13-9(18(11,15)16)14(8)7(2)3/h7H,6H2,1-5H3,(H2,11,15,16). The minimum Gasteiger partial charge on any atom is -0.371 e. The van der Waals surface area contributed by atoms with Crippen LogP contribution in [0.4, 0.5) is 0 Å². The highest BCUT2D eigenvalue weighted by Crippen LogP contribution is 2.30. The Morgan fingerprint density at radius 3 is 2.33 bits per heavy atom. The summed E-state index contributed by atoms with van der Waals surface area (Å²) >= 11 is 0. The minimum absolute atomic E-state index is 0.135. The van der Waals surface area contributed by atoms with E-state index in [0.29, 0.717) is 12.2 Å². The van der Waals surface area contributed by atoms with Gasteiger partial charge in [0.15, 0.2) is 5.82 Å². The molecule has 0 aliphatic carbocycles. The van der Waals surface area contributed by atoms with Crippen LogP contribution in [0.25, 0.3) is 0 Å². The van der Waals surface area contributed by atoms with Gasteiger partial charge in [0.2, 0.25) is 0 Å². The molecule has 0 fully saturated rings. The number of aromatic nitrogens is 3. The number of sulfonamides is 1. The molecule has 1 atom stereocenters. The molecule has 1 rings (SSSR count). The van der Waals surface area contributed by atoms with Crippen LogP contribution in [0.3, 0.4) is 0 Å². The Morgan fingerprint density at radius 2 is 2.00 bits per heavy atom. The van der Waals surface area contributed by atoms with E-state index in [9.17, 15) is 8.42 Å². The summed E-state index contributed by atoms with van der Waals surface area (Å²) in [6.45, 7) is 7.45. The molecule has 0 saturated heterocycles. The Balaban J connectivity index is 3.54. The Labute approximate surface area is 107 Å². The molecular formula is C10H20N4O3S. The molecule has 2 N–H and O–H groups in total. The predicted molar refractivity (Wildman–Crippen MR) is 66.4 cm³/mol. The molecule has 8 heteroatoms. The quantitative estimate of drug-likeness (QED) is 0.856. The molecule has 0 radical (unpaired) electrons. The number of nitrogens with two attached hydrogens (primary N) is 1. The van der Waals surface area contributed by atoms with Crippen LogP contribution in [0, 0.1) is 0 Å². The molecule has 0 aromatic carbocycles. The Kier molecular flexibility index (Phi) is 4.14. The summed E-state index contributed by atoms with van der Waals surface area (Å²) in [6.07, 6.45) is 0.638. The van der Waals surface area contributed by atoms with E-state index in [4.69, 9.17) is 9.88 Å². The smallest absolute Gasteiger partial charge is 0.273 e. The fourth-order valence-corrected chi connectivity index (χ4v) is 2.42. The van der Waals surface area contributed by atoms with Gasteiger partial charge in [-0.3, -0.25) is 4.57 Å². The van der Waals surface area contributed by atoms with Crippen molar-refractivity contribution in [3.05, 3.63) is 5.82 Å². The molecule has 0 aliphatic heterocycles. The van der Waals surface area contributed by atoms with Gasteiger partial charge in [0, 0.05) is 13.2 Å². The molecular weight excluding hydrogens is 256 g/mol. The number of hydrogen-bond acceptors (Lipinski definition) is 5. The molecule has 1 aromatic rings. The van der Waals surface area contributed by atoms with Crippen LogP contribution < -0.4 is 5.14 Å². The second-order valence-electron chi connectivity index (χ2n) is 4.60. The van der Waals surface area contributed by atoms with Gasteiger partial charge in [-0.05, 0) is 27.2 Å². The van der Waals surface area contributed by atoms with Crippen LogP contribution in [0.15, 0.2) is 5.16 Å². The Hall–Kier alpha value is -0.990. The summed E-state index contributed by atoms with van der Waals surface area (Å²) in [5.41, 5.74) is -0.694. The highest BCUT2D eigenvalue weighted by Gasteiger charge is 2.34. The van der Waals surface area contributed by atoms with Gasteiger partial charge in [0.1, 0.15) is 5.60 Å². The van der Waals surface area contributed by atoms with E-state index in [1.54, 1.807) is 7.11 Å². The number of primary sulfonamides is 1. The van der Waals surface area contributed by atoms with Gasteiger partial charge in [-0.1, -0.05) is 6.92 Å². The molecule has 7 nitrogen and oxygen atoms in total. The zero-order valence-electron chi connectivity index (χ0n) is 11.3. The first-order valence-electron chi connectivity index (χ1n) is 5.70. The first-order chi connectivity index (χ1) is 8.17. The highest BCUT2D eigenvalue weighted by molar-refractivity contribution is 7.89. The van der Waals surface area contributed by atoms with Crippen molar-refractivity contribution in [3.8, 4) is 0 Å². The van der Waals surface area contributed by atoms with Gasteiger partial charge in [-0.15, -0.1) is 10.2 Å². The van der Waals surface area contributed by atoms with E-state index >= 15 is 0 Å². The molecule has 104 valence electrons. The molecule has 0 saturated carbocycles. The number of nitrogens with zero attached hydrogens (tertiary/aromatic N) is 3. The van der Waals surface area contributed by atoms with E-state index in [0.717, 1.165) is 0 Å². The molecule has 0 spiro atoms. The number of rotatable bonds is 5. The monoisotopic (exact) mass is 276 g/mol. The Morgan fingerprint density at radius 1 is 1.44 bits per heavy atom. The summed E-state index contributed by atoms with van der Waals surface area (Å²) < 4.78 is 29.9. The van der Waals surface area contributed by atoms with E-state index in [1.165, 1.54) is 4.57 Å². The van der Waals surface area contributed by atoms with Crippen LogP contribution >= 0.6 is 0 Å². The Bertz CT molecular complexity index is 517. The summed E-state index contributed by atoms with van der Waals surface area (Å²) in [6, 6.07) is -0.135. The second kappa shape index (κ2) is 4.94. The van der Waals surface area contributed by atoms with E-state index in [2.05, 4.69) is 10.2 Å². The summed E-state index contributed by atoms with van der Waals surface area (Å²) in [7, 11) is -2.35. The fourth-order valence-electron chi connectivity index (χ4n) is 1.69. The van der Waals surface area contributed by atoms with E-state index < -0.39 is 15.6 Å². The van der Waals surface area contributed by atoms with Crippen LogP contribution in [-0.2, 0) is 20.4 Å². The number of ether oxygens (including phenoxy) is 1. The van der Waals surface area contributed by atoms with Crippen molar-refractivity contribution in [1.29, 1.82) is 0 Å². The minimum atomic E-state index is -3.90. The largest absolute Gasteiger partial charge is 0.371 e. The van der Waals surface area contributed by atoms with Crippen molar-refractivity contribution in [2.75, 3.05) is 7.11 Å².